The van der Waals surface area contributed by atoms with Crippen LogP contribution in [0, 0.1) is 5.82 Å². The fourth-order valence-electron chi connectivity index (χ4n) is 1.26. The van der Waals surface area contributed by atoms with Crippen LogP contribution in [0.25, 0.3) is 0 Å². The van der Waals surface area contributed by atoms with Crippen molar-refractivity contribution >= 4 is 10.0 Å². The van der Waals surface area contributed by atoms with Crippen molar-refractivity contribution in [1.29, 1.82) is 0 Å². The topological polar surface area (TPSA) is 78.6 Å². The third-order valence-electron chi connectivity index (χ3n) is 2.00. The Morgan fingerprint density at radius 3 is 2.56 bits per heavy atom. The maximum atomic E-state index is 13.0. The minimum Gasteiger partial charge on any atom is -0.490 e. The Hall–Kier alpha value is -1.18. The van der Waals surface area contributed by atoms with Crippen molar-refractivity contribution in [3.05, 3.63) is 24.0 Å². The number of halogens is 1. The van der Waals surface area contributed by atoms with E-state index in [4.69, 9.17) is 14.6 Å². The molecule has 102 valence electrons. The van der Waals surface area contributed by atoms with Crippen LogP contribution in [0.4, 0.5) is 4.39 Å². The number of primary sulfonamides is 1. The molecule has 0 saturated heterocycles. The summed E-state index contributed by atoms with van der Waals surface area (Å²) in [4.78, 5) is -0.368. The highest BCUT2D eigenvalue weighted by Gasteiger charge is 2.16. The first-order valence-electron chi connectivity index (χ1n) is 5.37. The monoisotopic (exact) mass is 277 g/mol. The molecule has 1 aromatic carbocycles. The highest BCUT2D eigenvalue weighted by Crippen LogP contribution is 2.23. The van der Waals surface area contributed by atoms with Crippen molar-refractivity contribution in [2.75, 3.05) is 13.2 Å². The molecule has 1 rings (SSSR count). The van der Waals surface area contributed by atoms with Gasteiger partial charge in [-0.15, -0.1) is 0 Å². The Morgan fingerprint density at radius 2 is 2.00 bits per heavy atom. The lowest BCUT2D eigenvalue weighted by Crippen LogP contribution is -2.16. The minimum atomic E-state index is -4.02. The van der Waals surface area contributed by atoms with Crippen LogP contribution in [0.15, 0.2) is 23.1 Å². The lowest BCUT2D eigenvalue weighted by molar-refractivity contribution is 0.0546. The first-order valence-corrected chi connectivity index (χ1v) is 6.92. The van der Waals surface area contributed by atoms with Crippen LogP contribution in [0.1, 0.15) is 13.8 Å². The van der Waals surface area contributed by atoms with Crippen molar-refractivity contribution in [2.45, 2.75) is 24.8 Å². The number of hydrogen-bond acceptors (Lipinski definition) is 4. The first kappa shape index (κ1) is 14.9. The maximum Gasteiger partial charge on any atom is 0.241 e. The molecule has 0 aliphatic heterocycles. The van der Waals surface area contributed by atoms with Crippen molar-refractivity contribution in [1.82, 2.24) is 0 Å². The number of nitrogens with two attached hydrogens (primary N) is 1. The predicted molar refractivity (Wildman–Crippen MR) is 64.4 cm³/mol. The molecule has 0 atom stereocenters. The Morgan fingerprint density at radius 1 is 1.33 bits per heavy atom. The van der Waals surface area contributed by atoms with Crippen LogP contribution < -0.4 is 9.88 Å². The number of ether oxygens (including phenoxy) is 2. The molecular formula is C11H16FNO4S. The standard InChI is InChI=1S/C11H16FNO4S/c1-8(2)16-5-6-17-10-4-3-9(12)7-11(10)18(13,14)15/h3-4,7-8H,5-6H2,1-2H3,(H2,13,14,15). The molecule has 2 N–H and O–H groups in total. The molecule has 0 saturated carbocycles. The van der Waals surface area contributed by atoms with Gasteiger partial charge in [-0.25, -0.2) is 17.9 Å². The number of benzene rings is 1. The van der Waals surface area contributed by atoms with E-state index in [2.05, 4.69) is 0 Å². The quantitative estimate of drug-likeness (QED) is 0.794. The Kier molecular flexibility index (Phi) is 5.06. The average molecular weight is 277 g/mol. The molecule has 0 heterocycles. The second-order valence-corrected chi connectivity index (χ2v) is 5.43. The minimum absolute atomic E-state index is 0.0197. The van der Waals surface area contributed by atoms with Crippen molar-refractivity contribution in [3.63, 3.8) is 0 Å². The molecule has 0 radical (unpaired) electrons. The first-order chi connectivity index (χ1) is 8.30. The highest BCUT2D eigenvalue weighted by atomic mass is 32.2. The van der Waals surface area contributed by atoms with Gasteiger partial charge in [-0.1, -0.05) is 0 Å². The molecule has 0 bridgehead atoms. The Labute approximate surface area is 106 Å². The predicted octanol–water partition coefficient (Wildman–Crippen LogP) is 1.28. The third-order valence-corrected chi connectivity index (χ3v) is 2.94. The third kappa shape index (κ3) is 4.59. The molecule has 7 heteroatoms. The van der Waals surface area contributed by atoms with Gasteiger partial charge in [-0.3, -0.25) is 0 Å². The van der Waals surface area contributed by atoms with E-state index in [1.54, 1.807) is 0 Å². The SMILES string of the molecule is CC(C)OCCOc1ccc(F)cc1S(N)(=O)=O. The van der Waals surface area contributed by atoms with Gasteiger partial charge in [-0.05, 0) is 32.0 Å². The largest absolute Gasteiger partial charge is 0.490 e. The second kappa shape index (κ2) is 6.12. The van der Waals surface area contributed by atoms with Gasteiger partial charge in [0.25, 0.3) is 0 Å². The lowest BCUT2D eigenvalue weighted by atomic mass is 10.3. The van der Waals surface area contributed by atoms with E-state index in [-0.39, 0.29) is 23.4 Å². The van der Waals surface area contributed by atoms with Crippen molar-refractivity contribution in [3.8, 4) is 5.75 Å². The fourth-order valence-corrected chi connectivity index (χ4v) is 1.94. The summed E-state index contributed by atoms with van der Waals surface area (Å²) in [5, 5.41) is 4.97. The van der Waals surface area contributed by atoms with E-state index in [0.29, 0.717) is 6.61 Å². The van der Waals surface area contributed by atoms with Crippen LogP contribution in [-0.2, 0) is 14.8 Å². The van der Waals surface area contributed by atoms with E-state index >= 15 is 0 Å². The number of rotatable bonds is 6. The van der Waals surface area contributed by atoms with Crippen LogP contribution in [0.3, 0.4) is 0 Å². The molecule has 18 heavy (non-hydrogen) atoms. The average Bonchev–Trinajstić information content (AvgIpc) is 2.24. The summed E-state index contributed by atoms with van der Waals surface area (Å²) >= 11 is 0. The van der Waals surface area contributed by atoms with E-state index in [1.165, 1.54) is 6.07 Å². The summed E-state index contributed by atoms with van der Waals surface area (Å²) in [6, 6.07) is 3.16. The molecule has 0 aliphatic carbocycles. The van der Waals surface area contributed by atoms with Crippen LogP contribution in [0.2, 0.25) is 0 Å². The zero-order valence-electron chi connectivity index (χ0n) is 10.2. The summed E-state index contributed by atoms with van der Waals surface area (Å²) < 4.78 is 45.9. The van der Waals surface area contributed by atoms with Gasteiger partial charge < -0.3 is 9.47 Å². The molecule has 0 spiro atoms. The van der Waals surface area contributed by atoms with Gasteiger partial charge in [-0.2, -0.15) is 0 Å². The lowest BCUT2D eigenvalue weighted by Gasteiger charge is -2.11. The van der Waals surface area contributed by atoms with Crippen molar-refractivity contribution in [2.24, 2.45) is 5.14 Å². The van der Waals surface area contributed by atoms with Gasteiger partial charge in [0, 0.05) is 0 Å². The summed E-state index contributed by atoms with van der Waals surface area (Å²) in [6.45, 7) is 4.20. The smallest absolute Gasteiger partial charge is 0.241 e. The molecule has 5 nitrogen and oxygen atoms in total. The van der Waals surface area contributed by atoms with E-state index in [9.17, 15) is 12.8 Å². The second-order valence-electron chi connectivity index (χ2n) is 3.90. The summed E-state index contributed by atoms with van der Waals surface area (Å²) in [7, 11) is -4.02. The maximum absolute atomic E-state index is 13.0. The van der Waals surface area contributed by atoms with E-state index < -0.39 is 15.8 Å². The summed E-state index contributed by atoms with van der Waals surface area (Å²) in [5.41, 5.74) is 0. The summed E-state index contributed by atoms with van der Waals surface area (Å²) in [6.07, 6.45) is 0.0551. The van der Waals surface area contributed by atoms with Crippen LogP contribution >= 0.6 is 0 Å². The zero-order valence-corrected chi connectivity index (χ0v) is 11.0. The Balaban J connectivity index is 2.77. The molecule has 0 fully saturated rings. The number of sulfonamides is 1. The van der Waals surface area contributed by atoms with Gasteiger partial charge in [0.05, 0.1) is 12.7 Å². The molecule has 0 amide bonds. The highest BCUT2D eigenvalue weighted by molar-refractivity contribution is 7.89. The molecule has 1 aromatic rings. The molecule has 0 aromatic heterocycles. The number of hydrogen-bond donors (Lipinski definition) is 1. The Bertz CT molecular complexity index is 502. The van der Waals surface area contributed by atoms with Gasteiger partial charge in [0.1, 0.15) is 23.1 Å². The van der Waals surface area contributed by atoms with Gasteiger partial charge in [0.2, 0.25) is 10.0 Å². The molecule has 0 aliphatic rings. The normalized spacial score (nSPS) is 11.8. The van der Waals surface area contributed by atoms with Crippen LogP contribution in [-0.4, -0.2) is 27.7 Å². The fraction of sp³-hybridized carbons (Fsp3) is 0.455. The van der Waals surface area contributed by atoms with Gasteiger partial charge in [0.15, 0.2) is 0 Å². The molecular weight excluding hydrogens is 261 g/mol. The van der Waals surface area contributed by atoms with Crippen molar-refractivity contribution < 1.29 is 22.3 Å². The van der Waals surface area contributed by atoms with Gasteiger partial charge >= 0.3 is 0 Å². The summed E-state index contributed by atoms with van der Waals surface area (Å²) in [5.74, 6) is -0.670. The molecule has 0 unspecified atom stereocenters. The zero-order chi connectivity index (χ0) is 13.8. The van der Waals surface area contributed by atoms with Crippen LogP contribution in [0.5, 0.6) is 5.75 Å². The van der Waals surface area contributed by atoms with E-state index in [1.807, 2.05) is 13.8 Å². The van der Waals surface area contributed by atoms with E-state index in [0.717, 1.165) is 12.1 Å².